The van der Waals surface area contributed by atoms with E-state index in [9.17, 15) is 0 Å². The van der Waals surface area contributed by atoms with E-state index in [4.69, 9.17) is 0 Å². The fourth-order valence-corrected chi connectivity index (χ4v) is 2.80. The van der Waals surface area contributed by atoms with Crippen LogP contribution in [0.15, 0.2) is 11.6 Å². The summed E-state index contributed by atoms with van der Waals surface area (Å²) in [4.78, 5) is 1.85. The van der Waals surface area contributed by atoms with Gasteiger partial charge in [-0.3, -0.25) is 0 Å². The smallest absolute Gasteiger partial charge is 0.116 e. The highest BCUT2D eigenvalue weighted by Gasteiger charge is 2.30. The summed E-state index contributed by atoms with van der Waals surface area (Å²) >= 11 is 0. The zero-order chi connectivity index (χ0) is 12.0. The van der Waals surface area contributed by atoms with Crippen LogP contribution in [0.4, 0.5) is 0 Å². The molecule has 0 aromatic carbocycles. The Balaban J connectivity index is 2.12. The maximum absolute atomic E-state index is 4.66. The van der Waals surface area contributed by atoms with Crippen LogP contribution in [-0.2, 0) is 6.54 Å². The lowest BCUT2D eigenvalue weighted by Crippen LogP contribution is -2.14. The molecule has 3 heteroatoms. The van der Waals surface area contributed by atoms with E-state index in [1.165, 1.54) is 24.0 Å². The average molecular weight is 229 g/mol. The van der Waals surface area contributed by atoms with Crippen molar-refractivity contribution in [3.63, 3.8) is 0 Å². The Morgan fingerprint density at radius 2 is 2.06 bits per heavy atom. The molecule has 1 atom stereocenters. The number of nitrogens with zero attached hydrogens (tertiary/aromatic N) is 3. The Kier molecular flexibility index (Phi) is 2.42. The van der Waals surface area contributed by atoms with Crippen LogP contribution in [0.3, 0.4) is 0 Å². The van der Waals surface area contributed by atoms with Crippen LogP contribution in [0.1, 0.15) is 51.4 Å². The van der Waals surface area contributed by atoms with Crippen molar-refractivity contribution in [3.8, 4) is 0 Å². The molecular weight excluding hydrogens is 210 g/mol. The van der Waals surface area contributed by atoms with E-state index in [0.717, 1.165) is 24.4 Å². The van der Waals surface area contributed by atoms with E-state index in [0.29, 0.717) is 5.92 Å². The van der Waals surface area contributed by atoms with Gasteiger partial charge in [0.05, 0.1) is 6.54 Å². The van der Waals surface area contributed by atoms with Crippen molar-refractivity contribution in [1.29, 1.82) is 0 Å². The third kappa shape index (κ3) is 1.56. The molecule has 0 N–H and O–H groups in total. The number of hydrogen-bond acceptors (Lipinski definition) is 2. The summed E-state index contributed by atoms with van der Waals surface area (Å²) < 4.78 is 0. The van der Waals surface area contributed by atoms with Crippen molar-refractivity contribution in [3.05, 3.63) is 23.0 Å². The van der Waals surface area contributed by atoms with Gasteiger partial charge in [-0.05, 0) is 50.2 Å². The molecule has 3 nitrogen and oxygen atoms in total. The molecule has 3 rings (SSSR count). The molecule has 2 aliphatic carbocycles. The van der Waals surface area contributed by atoms with Gasteiger partial charge in [-0.25, -0.2) is 0 Å². The minimum Gasteiger partial charge on any atom is -0.184 e. The first-order valence-corrected chi connectivity index (χ1v) is 6.54. The normalized spacial score (nSPS) is 22.5. The molecule has 2 aliphatic rings. The second-order valence-electron chi connectivity index (χ2n) is 5.14. The average Bonchev–Trinajstić information content (AvgIpc) is 2.66. The topological polar surface area (TPSA) is 30.7 Å². The largest absolute Gasteiger partial charge is 0.184 e. The Hall–Kier alpha value is -1.38. The molecule has 1 aromatic rings. The molecule has 0 spiro atoms. The quantitative estimate of drug-likeness (QED) is 0.779. The summed E-state index contributed by atoms with van der Waals surface area (Å²) in [6.45, 7) is 7.44. The molecule has 0 radical (unpaired) electrons. The van der Waals surface area contributed by atoms with Gasteiger partial charge < -0.3 is 0 Å². The highest BCUT2D eigenvalue weighted by molar-refractivity contribution is 5.79. The van der Waals surface area contributed by atoms with E-state index < -0.39 is 0 Å². The van der Waals surface area contributed by atoms with E-state index in [1.54, 1.807) is 5.57 Å². The molecule has 1 unspecified atom stereocenters. The Morgan fingerprint density at radius 3 is 2.71 bits per heavy atom. The third-order valence-corrected chi connectivity index (χ3v) is 3.91. The highest BCUT2D eigenvalue weighted by atomic mass is 15.5. The SMILES string of the molecule is CCCn1nc2c(n1)C(C)=C1CCC1C=C2C. The third-order valence-electron chi connectivity index (χ3n) is 3.91. The molecule has 1 heterocycles. The minimum absolute atomic E-state index is 0.658. The van der Waals surface area contributed by atoms with Gasteiger partial charge in [0, 0.05) is 0 Å². The molecule has 0 saturated heterocycles. The second kappa shape index (κ2) is 3.83. The second-order valence-corrected chi connectivity index (χ2v) is 5.14. The van der Waals surface area contributed by atoms with Crippen LogP contribution in [0.25, 0.3) is 11.1 Å². The summed E-state index contributed by atoms with van der Waals surface area (Å²) in [7, 11) is 0. The number of hydrogen-bond donors (Lipinski definition) is 0. The Labute approximate surface area is 102 Å². The number of aryl methyl sites for hydroxylation is 1. The Bertz CT molecular complexity index is 520. The standard InChI is InChI=1S/C14H19N3/c1-4-7-17-15-13-9(2)8-11-5-6-12(11)10(3)14(13)16-17/h8,11H,4-7H2,1-3H3. The van der Waals surface area contributed by atoms with Crippen LogP contribution >= 0.6 is 0 Å². The van der Waals surface area contributed by atoms with Gasteiger partial charge in [0.2, 0.25) is 0 Å². The number of allylic oxidation sites excluding steroid dienone is 4. The van der Waals surface area contributed by atoms with Crippen LogP contribution in [0.2, 0.25) is 0 Å². The summed E-state index contributed by atoms with van der Waals surface area (Å²) in [5, 5.41) is 9.29. The fraction of sp³-hybridized carbons (Fsp3) is 0.571. The van der Waals surface area contributed by atoms with Crippen molar-refractivity contribution in [2.75, 3.05) is 0 Å². The van der Waals surface area contributed by atoms with Crippen LogP contribution in [0.5, 0.6) is 0 Å². The molecule has 17 heavy (non-hydrogen) atoms. The van der Waals surface area contributed by atoms with Gasteiger partial charge in [0.1, 0.15) is 11.4 Å². The monoisotopic (exact) mass is 229 g/mol. The van der Waals surface area contributed by atoms with Gasteiger partial charge >= 0.3 is 0 Å². The number of rotatable bonds is 2. The van der Waals surface area contributed by atoms with Crippen LogP contribution in [-0.4, -0.2) is 15.0 Å². The van der Waals surface area contributed by atoms with Crippen molar-refractivity contribution in [2.24, 2.45) is 5.92 Å². The van der Waals surface area contributed by atoms with E-state index in [-0.39, 0.29) is 0 Å². The molecular formula is C14H19N3. The molecule has 0 aliphatic heterocycles. The maximum Gasteiger partial charge on any atom is 0.116 e. The summed E-state index contributed by atoms with van der Waals surface area (Å²) in [6.07, 6.45) is 5.98. The van der Waals surface area contributed by atoms with Gasteiger partial charge in [0.15, 0.2) is 0 Å². The van der Waals surface area contributed by atoms with Crippen molar-refractivity contribution in [1.82, 2.24) is 15.0 Å². The summed E-state index contributed by atoms with van der Waals surface area (Å²) in [5.74, 6) is 0.658. The predicted molar refractivity (Wildman–Crippen MR) is 69.3 cm³/mol. The molecule has 1 aromatic heterocycles. The lowest BCUT2D eigenvalue weighted by molar-refractivity contribution is 0.520. The lowest BCUT2D eigenvalue weighted by atomic mass is 9.77. The summed E-state index contributed by atoms with van der Waals surface area (Å²) in [6, 6.07) is 0. The summed E-state index contributed by atoms with van der Waals surface area (Å²) in [5.41, 5.74) is 6.45. The fourth-order valence-electron chi connectivity index (χ4n) is 2.80. The Morgan fingerprint density at radius 1 is 1.29 bits per heavy atom. The van der Waals surface area contributed by atoms with Crippen LogP contribution < -0.4 is 0 Å². The van der Waals surface area contributed by atoms with Gasteiger partial charge in [-0.2, -0.15) is 15.0 Å². The van der Waals surface area contributed by atoms with Gasteiger partial charge in [-0.15, -0.1) is 0 Å². The molecule has 1 fully saturated rings. The van der Waals surface area contributed by atoms with Gasteiger partial charge in [0.25, 0.3) is 0 Å². The first-order chi connectivity index (χ1) is 8.20. The number of fused-ring (bicyclic) bond motifs is 2. The molecule has 0 bridgehead atoms. The molecule has 90 valence electrons. The van der Waals surface area contributed by atoms with Crippen molar-refractivity contribution in [2.45, 2.75) is 46.6 Å². The lowest BCUT2D eigenvalue weighted by Gasteiger charge is -2.28. The van der Waals surface area contributed by atoms with E-state index >= 15 is 0 Å². The number of aromatic nitrogens is 3. The van der Waals surface area contributed by atoms with E-state index in [1.807, 2.05) is 4.80 Å². The minimum atomic E-state index is 0.658. The van der Waals surface area contributed by atoms with E-state index in [2.05, 4.69) is 37.0 Å². The first-order valence-electron chi connectivity index (χ1n) is 6.54. The zero-order valence-electron chi connectivity index (χ0n) is 10.8. The molecule has 0 amide bonds. The highest BCUT2D eigenvalue weighted by Crippen LogP contribution is 2.44. The van der Waals surface area contributed by atoms with Crippen LogP contribution in [0, 0.1) is 5.92 Å². The predicted octanol–water partition coefficient (Wildman–Crippen LogP) is 3.29. The van der Waals surface area contributed by atoms with Crippen molar-refractivity contribution >= 4 is 11.1 Å². The van der Waals surface area contributed by atoms with Gasteiger partial charge in [-0.1, -0.05) is 18.6 Å². The first kappa shape index (κ1) is 10.8. The molecule has 1 saturated carbocycles. The maximum atomic E-state index is 4.66. The van der Waals surface area contributed by atoms with Crippen molar-refractivity contribution < 1.29 is 0 Å². The zero-order valence-corrected chi connectivity index (χ0v) is 10.8.